The molecule has 0 aromatic heterocycles. The summed E-state index contributed by atoms with van der Waals surface area (Å²) in [4.78, 5) is 22.2. The topological polar surface area (TPSA) is 87.7 Å². The van der Waals surface area contributed by atoms with E-state index in [1.165, 1.54) is 0 Å². The zero-order valence-electron chi connectivity index (χ0n) is 12.4. The number of rotatable bonds is 8. The van der Waals surface area contributed by atoms with Gasteiger partial charge in [-0.2, -0.15) is 0 Å². The lowest BCUT2D eigenvalue weighted by Gasteiger charge is -2.14. The number of urea groups is 1. The van der Waals surface area contributed by atoms with Crippen LogP contribution in [0, 0.1) is 0 Å². The summed E-state index contributed by atoms with van der Waals surface area (Å²) in [7, 11) is 1.62. The van der Waals surface area contributed by atoms with Crippen molar-refractivity contribution in [3.63, 3.8) is 0 Å². The van der Waals surface area contributed by atoms with Crippen LogP contribution in [0.5, 0.6) is 0 Å². The summed E-state index contributed by atoms with van der Waals surface area (Å²) in [5.41, 5.74) is 1.60. The first-order valence-corrected chi connectivity index (χ1v) is 6.88. The van der Waals surface area contributed by atoms with Crippen molar-refractivity contribution >= 4 is 17.7 Å². The summed E-state index contributed by atoms with van der Waals surface area (Å²) >= 11 is 0. The van der Waals surface area contributed by atoms with Crippen LogP contribution in [-0.2, 0) is 16.0 Å². The van der Waals surface area contributed by atoms with Crippen molar-refractivity contribution in [1.82, 2.24) is 5.32 Å². The minimum Gasteiger partial charge on any atom is -0.481 e. The highest BCUT2D eigenvalue weighted by atomic mass is 16.5. The molecule has 1 unspecified atom stereocenters. The molecule has 0 saturated heterocycles. The van der Waals surface area contributed by atoms with E-state index in [2.05, 4.69) is 10.6 Å². The van der Waals surface area contributed by atoms with Crippen LogP contribution in [0.2, 0.25) is 0 Å². The highest BCUT2D eigenvalue weighted by Crippen LogP contribution is 2.11. The lowest BCUT2D eigenvalue weighted by molar-refractivity contribution is -0.136. The van der Waals surface area contributed by atoms with Crippen molar-refractivity contribution in [2.24, 2.45) is 0 Å². The van der Waals surface area contributed by atoms with E-state index in [-0.39, 0.29) is 18.5 Å². The fourth-order valence-electron chi connectivity index (χ4n) is 1.76. The van der Waals surface area contributed by atoms with E-state index in [1.807, 2.05) is 19.1 Å². The molecule has 6 heteroatoms. The fourth-order valence-corrected chi connectivity index (χ4v) is 1.76. The molecule has 3 N–H and O–H groups in total. The summed E-state index contributed by atoms with van der Waals surface area (Å²) in [6.45, 7) is 2.51. The second-order valence-corrected chi connectivity index (χ2v) is 4.87. The van der Waals surface area contributed by atoms with Crippen molar-refractivity contribution in [2.45, 2.75) is 32.2 Å². The van der Waals surface area contributed by atoms with E-state index in [0.717, 1.165) is 12.0 Å². The monoisotopic (exact) mass is 294 g/mol. The molecule has 0 heterocycles. The molecule has 0 aliphatic heterocycles. The number of aliphatic carboxylic acids is 1. The maximum absolute atomic E-state index is 11.7. The van der Waals surface area contributed by atoms with Crippen molar-refractivity contribution < 1.29 is 19.4 Å². The molecule has 1 aromatic carbocycles. The molecule has 0 fully saturated rings. The van der Waals surface area contributed by atoms with Gasteiger partial charge in [0.25, 0.3) is 0 Å². The van der Waals surface area contributed by atoms with Crippen molar-refractivity contribution in [2.75, 3.05) is 19.0 Å². The van der Waals surface area contributed by atoms with E-state index in [9.17, 15) is 9.59 Å². The number of amides is 2. The zero-order valence-corrected chi connectivity index (χ0v) is 12.4. The second kappa shape index (κ2) is 8.97. The van der Waals surface area contributed by atoms with Gasteiger partial charge in [0.15, 0.2) is 0 Å². The number of carboxylic acid groups (broad SMARTS) is 1. The molecule has 0 spiro atoms. The number of benzene rings is 1. The Balaban J connectivity index is 2.40. The maximum Gasteiger partial charge on any atom is 0.319 e. The van der Waals surface area contributed by atoms with Gasteiger partial charge in [-0.25, -0.2) is 4.79 Å². The number of nitrogens with one attached hydrogen (secondary N) is 2. The Hall–Kier alpha value is -2.08. The van der Waals surface area contributed by atoms with Gasteiger partial charge in [-0.05, 0) is 37.5 Å². The summed E-state index contributed by atoms with van der Waals surface area (Å²) in [6, 6.07) is 6.91. The highest BCUT2D eigenvalue weighted by molar-refractivity contribution is 5.89. The molecular formula is C15H22N2O4. The Morgan fingerprint density at radius 2 is 1.95 bits per heavy atom. The van der Waals surface area contributed by atoms with Gasteiger partial charge >= 0.3 is 12.0 Å². The molecule has 0 saturated carbocycles. The van der Waals surface area contributed by atoms with E-state index in [0.29, 0.717) is 18.7 Å². The third kappa shape index (κ3) is 7.31. The van der Waals surface area contributed by atoms with Gasteiger partial charge in [-0.1, -0.05) is 12.1 Å². The molecule has 0 aliphatic rings. The molecule has 21 heavy (non-hydrogen) atoms. The highest BCUT2D eigenvalue weighted by Gasteiger charge is 2.07. The smallest absolute Gasteiger partial charge is 0.319 e. The Bertz CT molecular complexity index is 459. The quantitative estimate of drug-likeness (QED) is 0.686. The van der Waals surface area contributed by atoms with Crippen LogP contribution in [0.25, 0.3) is 0 Å². The molecule has 6 nitrogen and oxygen atoms in total. The van der Waals surface area contributed by atoms with Crippen LogP contribution < -0.4 is 10.6 Å². The van der Waals surface area contributed by atoms with E-state index < -0.39 is 5.97 Å². The summed E-state index contributed by atoms with van der Waals surface area (Å²) < 4.78 is 4.95. The Labute approximate surface area is 124 Å². The van der Waals surface area contributed by atoms with E-state index >= 15 is 0 Å². The molecule has 116 valence electrons. The number of hydrogen-bond donors (Lipinski definition) is 3. The fraction of sp³-hybridized carbons (Fsp3) is 0.467. The number of carboxylic acids is 1. The van der Waals surface area contributed by atoms with Crippen LogP contribution in [0.15, 0.2) is 24.3 Å². The van der Waals surface area contributed by atoms with Crippen molar-refractivity contribution in [1.29, 1.82) is 0 Å². The number of anilines is 1. The van der Waals surface area contributed by atoms with Gasteiger partial charge in [0, 0.05) is 31.9 Å². The molecule has 1 aromatic rings. The Kier molecular flexibility index (Phi) is 7.25. The first-order chi connectivity index (χ1) is 10.0. The first-order valence-electron chi connectivity index (χ1n) is 6.88. The van der Waals surface area contributed by atoms with Crippen molar-refractivity contribution in [3.05, 3.63) is 29.8 Å². The standard InChI is InChI=1S/C15H22N2O4/c1-11(9-10-21-2)16-15(20)17-13-6-3-12(4-7-13)5-8-14(18)19/h3-4,6-7,11H,5,8-10H2,1-2H3,(H,18,19)(H2,16,17,20). The lowest BCUT2D eigenvalue weighted by Crippen LogP contribution is -2.36. The molecule has 1 atom stereocenters. The predicted octanol–water partition coefficient (Wildman–Crippen LogP) is 2.25. The van der Waals surface area contributed by atoms with Crippen LogP contribution >= 0.6 is 0 Å². The van der Waals surface area contributed by atoms with Gasteiger partial charge in [0.05, 0.1) is 0 Å². The number of carbonyl (C=O) groups is 2. The summed E-state index contributed by atoms with van der Waals surface area (Å²) in [5.74, 6) is -0.818. The van der Waals surface area contributed by atoms with Crippen LogP contribution in [0.4, 0.5) is 10.5 Å². The lowest BCUT2D eigenvalue weighted by atomic mass is 10.1. The third-order valence-corrected chi connectivity index (χ3v) is 2.97. The van der Waals surface area contributed by atoms with Crippen LogP contribution in [-0.4, -0.2) is 36.9 Å². The maximum atomic E-state index is 11.7. The van der Waals surface area contributed by atoms with Crippen molar-refractivity contribution in [3.8, 4) is 0 Å². The minimum atomic E-state index is -0.818. The number of methoxy groups -OCH3 is 1. The number of ether oxygens (including phenoxy) is 1. The summed E-state index contributed by atoms with van der Waals surface area (Å²) in [6.07, 6.45) is 1.33. The summed E-state index contributed by atoms with van der Waals surface area (Å²) in [5, 5.41) is 14.2. The molecule has 1 rings (SSSR count). The first kappa shape index (κ1) is 17.0. The molecular weight excluding hydrogens is 272 g/mol. The third-order valence-electron chi connectivity index (χ3n) is 2.97. The molecule has 0 radical (unpaired) electrons. The number of carbonyl (C=O) groups excluding carboxylic acids is 1. The molecule has 0 aliphatic carbocycles. The van der Waals surface area contributed by atoms with E-state index in [1.54, 1.807) is 19.2 Å². The van der Waals surface area contributed by atoms with Gasteiger partial charge in [0.2, 0.25) is 0 Å². The second-order valence-electron chi connectivity index (χ2n) is 4.87. The molecule has 2 amide bonds. The largest absolute Gasteiger partial charge is 0.481 e. The Morgan fingerprint density at radius 3 is 2.52 bits per heavy atom. The average Bonchev–Trinajstić information content (AvgIpc) is 2.44. The van der Waals surface area contributed by atoms with Gasteiger partial charge < -0.3 is 20.5 Å². The van der Waals surface area contributed by atoms with Gasteiger partial charge in [-0.15, -0.1) is 0 Å². The SMILES string of the molecule is COCCC(C)NC(=O)Nc1ccc(CCC(=O)O)cc1. The number of aryl methyl sites for hydroxylation is 1. The van der Waals surface area contributed by atoms with Gasteiger partial charge in [-0.3, -0.25) is 4.79 Å². The average molecular weight is 294 g/mol. The van der Waals surface area contributed by atoms with Crippen LogP contribution in [0.3, 0.4) is 0 Å². The predicted molar refractivity (Wildman–Crippen MR) is 80.5 cm³/mol. The normalized spacial score (nSPS) is 11.7. The zero-order chi connectivity index (χ0) is 15.7. The van der Waals surface area contributed by atoms with Gasteiger partial charge in [0.1, 0.15) is 0 Å². The Morgan fingerprint density at radius 1 is 1.29 bits per heavy atom. The van der Waals surface area contributed by atoms with Crippen LogP contribution in [0.1, 0.15) is 25.3 Å². The molecule has 0 bridgehead atoms. The number of hydrogen-bond acceptors (Lipinski definition) is 3. The van der Waals surface area contributed by atoms with E-state index in [4.69, 9.17) is 9.84 Å². The minimum absolute atomic E-state index is 0.0276.